The van der Waals surface area contributed by atoms with Gasteiger partial charge >= 0.3 is 5.97 Å². The average molecular weight is 277 g/mol. The number of ether oxygens (including phenoxy) is 2. The molecule has 0 spiro atoms. The van der Waals surface area contributed by atoms with E-state index >= 15 is 0 Å². The van der Waals surface area contributed by atoms with Crippen LogP contribution in [0.15, 0.2) is 18.2 Å². The zero-order valence-electron chi connectivity index (χ0n) is 12.4. The van der Waals surface area contributed by atoms with Crippen LogP contribution in [0.2, 0.25) is 0 Å². The Kier molecular flexibility index (Phi) is 4.21. The lowest BCUT2D eigenvalue weighted by atomic mass is 9.76. The molecule has 0 unspecified atom stereocenters. The quantitative estimate of drug-likeness (QED) is 0.679. The SMILES string of the molecule is COc1cc(N)ccc1C(=O)OC1CCC(C)(C)CC1. The summed E-state index contributed by atoms with van der Waals surface area (Å²) < 4.78 is 10.8. The lowest BCUT2D eigenvalue weighted by Crippen LogP contribution is -2.28. The maximum Gasteiger partial charge on any atom is 0.342 e. The van der Waals surface area contributed by atoms with Crippen molar-refractivity contribution < 1.29 is 14.3 Å². The van der Waals surface area contributed by atoms with Crippen LogP contribution in [0.1, 0.15) is 49.9 Å². The summed E-state index contributed by atoms with van der Waals surface area (Å²) in [5, 5.41) is 0. The van der Waals surface area contributed by atoms with Gasteiger partial charge in [0, 0.05) is 11.8 Å². The fourth-order valence-electron chi connectivity index (χ4n) is 2.58. The molecule has 0 heterocycles. The highest BCUT2D eigenvalue weighted by molar-refractivity contribution is 5.93. The second-order valence-corrected chi connectivity index (χ2v) is 6.23. The molecule has 0 aliphatic heterocycles. The second kappa shape index (κ2) is 5.73. The number of anilines is 1. The van der Waals surface area contributed by atoms with Crippen LogP contribution in [0.3, 0.4) is 0 Å². The third-order valence-electron chi connectivity index (χ3n) is 4.01. The Labute approximate surface area is 120 Å². The fraction of sp³-hybridized carbons (Fsp3) is 0.562. The van der Waals surface area contributed by atoms with Crippen LogP contribution in [0.5, 0.6) is 5.75 Å². The average Bonchev–Trinajstić information content (AvgIpc) is 2.40. The van der Waals surface area contributed by atoms with Crippen molar-refractivity contribution in [3.63, 3.8) is 0 Å². The molecule has 0 saturated heterocycles. The molecule has 0 bridgehead atoms. The van der Waals surface area contributed by atoms with E-state index in [1.54, 1.807) is 18.2 Å². The van der Waals surface area contributed by atoms with Crippen molar-refractivity contribution in [1.82, 2.24) is 0 Å². The number of rotatable bonds is 3. The Hall–Kier alpha value is -1.71. The topological polar surface area (TPSA) is 61.5 Å². The third-order valence-corrected chi connectivity index (χ3v) is 4.01. The van der Waals surface area contributed by atoms with Crippen molar-refractivity contribution in [2.75, 3.05) is 12.8 Å². The summed E-state index contributed by atoms with van der Waals surface area (Å²) in [6.45, 7) is 4.52. The van der Waals surface area contributed by atoms with E-state index in [0.29, 0.717) is 22.4 Å². The number of carbonyl (C=O) groups excluding carboxylic acids is 1. The Morgan fingerprint density at radius 1 is 1.30 bits per heavy atom. The van der Waals surface area contributed by atoms with Crippen LogP contribution in [-0.4, -0.2) is 19.2 Å². The number of carbonyl (C=O) groups is 1. The lowest BCUT2D eigenvalue weighted by molar-refractivity contribution is 0.00924. The molecule has 20 heavy (non-hydrogen) atoms. The number of benzene rings is 1. The standard InChI is InChI=1S/C16H23NO3/c1-16(2)8-6-12(7-9-16)20-15(18)13-5-4-11(17)10-14(13)19-3/h4-5,10,12H,6-9,17H2,1-3H3. The summed E-state index contributed by atoms with van der Waals surface area (Å²) in [6.07, 6.45) is 4.04. The minimum Gasteiger partial charge on any atom is -0.496 e. The molecule has 2 rings (SSSR count). The van der Waals surface area contributed by atoms with Crippen molar-refractivity contribution in [2.24, 2.45) is 5.41 Å². The Morgan fingerprint density at radius 2 is 1.95 bits per heavy atom. The van der Waals surface area contributed by atoms with Gasteiger partial charge in [0.2, 0.25) is 0 Å². The highest BCUT2D eigenvalue weighted by Gasteiger charge is 2.29. The van der Waals surface area contributed by atoms with Crippen LogP contribution >= 0.6 is 0 Å². The molecule has 1 saturated carbocycles. The van der Waals surface area contributed by atoms with Crippen molar-refractivity contribution >= 4 is 11.7 Å². The van der Waals surface area contributed by atoms with E-state index < -0.39 is 0 Å². The monoisotopic (exact) mass is 277 g/mol. The van der Waals surface area contributed by atoms with Gasteiger partial charge in [0.25, 0.3) is 0 Å². The predicted molar refractivity (Wildman–Crippen MR) is 78.9 cm³/mol. The van der Waals surface area contributed by atoms with Gasteiger partial charge in [-0.2, -0.15) is 0 Å². The number of methoxy groups -OCH3 is 1. The number of esters is 1. The molecular formula is C16H23NO3. The minimum absolute atomic E-state index is 0.0118. The van der Waals surface area contributed by atoms with Crippen LogP contribution in [0.4, 0.5) is 5.69 Å². The third kappa shape index (κ3) is 3.44. The summed E-state index contributed by atoms with van der Waals surface area (Å²) in [5.74, 6) is 0.137. The molecular weight excluding hydrogens is 254 g/mol. The molecule has 0 radical (unpaired) electrons. The molecule has 0 atom stereocenters. The molecule has 4 nitrogen and oxygen atoms in total. The number of nitrogens with two attached hydrogens (primary N) is 1. The van der Waals surface area contributed by atoms with Crippen molar-refractivity contribution in [3.05, 3.63) is 23.8 Å². The van der Waals surface area contributed by atoms with Gasteiger partial charge in [-0.25, -0.2) is 4.79 Å². The molecule has 2 N–H and O–H groups in total. The Balaban J connectivity index is 2.02. The normalized spacial score (nSPS) is 18.6. The van der Waals surface area contributed by atoms with Crippen molar-refractivity contribution in [3.8, 4) is 5.75 Å². The molecule has 1 aliphatic rings. The first-order valence-corrected chi connectivity index (χ1v) is 7.06. The van der Waals surface area contributed by atoms with E-state index in [-0.39, 0.29) is 12.1 Å². The van der Waals surface area contributed by atoms with Crippen molar-refractivity contribution in [2.45, 2.75) is 45.6 Å². The van der Waals surface area contributed by atoms with E-state index in [2.05, 4.69) is 13.8 Å². The lowest BCUT2D eigenvalue weighted by Gasteiger charge is -2.33. The van der Waals surface area contributed by atoms with Crippen LogP contribution in [0, 0.1) is 5.41 Å². The van der Waals surface area contributed by atoms with Gasteiger partial charge in [-0.1, -0.05) is 13.8 Å². The second-order valence-electron chi connectivity index (χ2n) is 6.23. The highest BCUT2D eigenvalue weighted by atomic mass is 16.5. The first-order valence-electron chi connectivity index (χ1n) is 7.06. The summed E-state index contributed by atoms with van der Waals surface area (Å²) in [4.78, 5) is 12.2. The van der Waals surface area contributed by atoms with Crippen LogP contribution in [0.25, 0.3) is 0 Å². The molecule has 1 aliphatic carbocycles. The molecule has 0 aromatic heterocycles. The first kappa shape index (κ1) is 14.7. The van der Waals surface area contributed by atoms with Crippen LogP contribution in [-0.2, 0) is 4.74 Å². The molecule has 1 aromatic carbocycles. The van der Waals surface area contributed by atoms with Gasteiger partial charge in [0.15, 0.2) is 0 Å². The van der Waals surface area contributed by atoms with E-state index in [4.69, 9.17) is 15.2 Å². The maximum absolute atomic E-state index is 12.2. The van der Waals surface area contributed by atoms with Gasteiger partial charge in [0.05, 0.1) is 7.11 Å². The van der Waals surface area contributed by atoms with Crippen LogP contribution < -0.4 is 10.5 Å². The zero-order valence-corrected chi connectivity index (χ0v) is 12.4. The number of hydrogen-bond acceptors (Lipinski definition) is 4. The Bertz CT molecular complexity index is 486. The summed E-state index contributed by atoms with van der Waals surface area (Å²) in [6, 6.07) is 4.98. The molecule has 1 fully saturated rings. The highest BCUT2D eigenvalue weighted by Crippen LogP contribution is 2.36. The number of nitrogen functional groups attached to an aromatic ring is 1. The van der Waals surface area contributed by atoms with Crippen molar-refractivity contribution in [1.29, 1.82) is 0 Å². The maximum atomic E-state index is 12.2. The molecule has 0 amide bonds. The predicted octanol–water partition coefficient (Wildman–Crippen LogP) is 3.40. The summed E-state index contributed by atoms with van der Waals surface area (Å²) in [5.41, 5.74) is 7.05. The molecule has 4 heteroatoms. The smallest absolute Gasteiger partial charge is 0.342 e. The largest absolute Gasteiger partial charge is 0.496 e. The fourth-order valence-corrected chi connectivity index (χ4v) is 2.58. The zero-order chi connectivity index (χ0) is 14.8. The van der Waals surface area contributed by atoms with Gasteiger partial charge in [-0.15, -0.1) is 0 Å². The van der Waals surface area contributed by atoms with E-state index in [1.165, 1.54) is 7.11 Å². The Morgan fingerprint density at radius 3 is 2.55 bits per heavy atom. The molecule has 1 aromatic rings. The van der Waals surface area contributed by atoms with E-state index in [0.717, 1.165) is 25.7 Å². The van der Waals surface area contributed by atoms with E-state index in [9.17, 15) is 4.79 Å². The van der Waals surface area contributed by atoms with E-state index in [1.807, 2.05) is 0 Å². The summed E-state index contributed by atoms with van der Waals surface area (Å²) in [7, 11) is 1.52. The van der Waals surface area contributed by atoms with Gasteiger partial charge in [0.1, 0.15) is 17.4 Å². The summed E-state index contributed by atoms with van der Waals surface area (Å²) >= 11 is 0. The van der Waals surface area contributed by atoms with Gasteiger partial charge in [-0.05, 0) is 43.2 Å². The number of hydrogen-bond donors (Lipinski definition) is 1. The minimum atomic E-state index is -0.327. The molecule has 110 valence electrons. The van der Waals surface area contributed by atoms with Gasteiger partial charge < -0.3 is 15.2 Å². The van der Waals surface area contributed by atoms with Gasteiger partial charge in [-0.3, -0.25) is 0 Å². The first-order chi connectivity index (χ1) is 9.41.